The van der Waals surface area contributed by atoms with Crippen LogP contribution in [0.5, 0.6) is 0 Å². The fourth-order valence-corrected chi connectivity index (χ4v) is 3.22. The second-order valence-corrected chi connectivity index (χ2v) is 6.28. The molecule has 0 N–H and O–H groups in total. The van der Waals surface area contributed by atoms with Gasteiger partial charge in [0.15, 0.2) is 5.82 Å². The number of nitrogens with zero attached hydrogens (tertiary/aromatic N) is 4. The molecule has 0 radical (unpaired) electrons. The molecule has 0 aliphatic carbocycles. The summed E-state index contributed by atoms with van der Waals surface area (Å²) in [5, 5.41) is 3.87. The molecule has 2 saturated heterocycles. The standard InChI is InChI=1S/C15H24N4O3/c1-11-8-19(6-7-21-11)14(20)10-18-5-3-4-13(9-18)15-16-12(2)17-22-15/h11,13H,3-10H2,1-2H3/t11-,13-/m1/s1. The Labute approximate surface area is 130 Å². The Balaban J connectivity index is 1.54. The molecule has 2 aliphatic heterocycles. The molecule has 0 aromatic carbocycles. The van der Waals surface area contributed by atoms with Crippen molar-refractivity contribution in [3.63, 3.8) is 0 Å². The van der Waals surface area contributed by atoms with Crippen molar-refractivity contribution in [2.45, 2.75) is 38.7 Å². The van der Waals surface area contributed by atoms with Crippen LogP contribution >= 0.6 is 0 Å². The number of likely N-dealkylation sites (tertiary alicyclic amines) is 1. The molecule has 2 aliphatic rings. The van der Waals surface area contributed by atoms with E-state index in [1.807, 2.05) is 18.7 Å². The summed E-state index contributed by atoms with van der Waals surface area (Å²) in [6, 6.07) is 0. The number of rotatable bonds is 3. The minimum atomic E-state index is 0.133. The van der Waals surface area contributed by atoms with Gasteiger partial charge in [0.05, 0.1) is 25.2 Å². The summed E-state index contributed by atoms with van der Waals surface area (Å²) in [7, 11) is 0. The first-order chi connectivity index (χ1) is 10.6. The van der Waals surface area contributed by atoms with E-state index in [-0.39, 0.29) is 17.9 Å². The summed E-state index contributed by atoms with van der Waals surface area (Å²) in [6.07, 6.45) is 2.23. The van der Waals surface area contributed by atoms with E-state index in [1.165, 1.54) is 0 Å². The topological polar surface area (TPSA) is 71.7 Å². The summed E-state index contributed by atoms with van der Waals surface area (Å²) in [5.41, 5.74) is 0. The van der Waals surface area contributed by atoms with Crippen molar-refractivity contribution in [1.29, 1.82) is 0 Å². The average Bonchev–Trinajstić information content (AvgIpc) is 2.94. The lowest BCUT2D eigenvalue weighted by atomic mass is 9.98. The van der Waals surface area contributed by atoms with Crippen molar-refractivity contribution in [2.24, 2.45) is 0 Å². The Hall–Kier alpha value is -1.47. The fraction of sp³-hybridized carbons (Fsp3) is 0.800. The molecule has 7 heteroatoms. The maximum absolute atomic E-state index is 12.4. The minimum Gasteiger partial charge on any atom is -0.375 e. The molecule has 122 valence electrons. The molecule has 2 fully saturated rings. The minimum absolute atomic E-state index is 0.133. The normalized spacial score (nSPS) is 27.1. The molecular weight excluding hydrogens is 284 g/mol. The smallest absolute Gasteiger partial charge is 0.236 e. The molecule has 0 bridgehead atoms. The van der Waals surface area contributed by atoms with Crippen LogP contribution in [0.2, 0.25) is 0 Å². The highest BCUT2D eigenvalue weighted by Gasteiger charge is 2.29. The van der Waals surface area contributed by atoms with Gasteiger partial charge in [-0.05, 0) is 33.2 Å². The number of aryl methyl sites for hydroxylation is 1. The van der Waals surface area contributed by atoms with Crippen molar-refractivity contribution >= 4 is 5.91 Å². The number of carbonyl (C=O) groups excluding carboxylic acids is 1. The summed E-state index contributed by atoms with van der Waals surface area (Å²) in [6.45, 7) is 8.10. The summed E-state index contributed by atoms with van der Waals surface area (Å²) < 4.78 is 10.8. The van der Waals surface area contributed by atoms with E-state index in [9.17, 15) is 4.79 Å². The van der Waals surface area contributed by atoms with Crippen LogP contribution in [0.25, 0.3) is 0 Å². The third kappa shape index (κ3) is 3.64. The molecule has 2 atom stereocenters. The van der Waals surface area contributed by atoms with E-state index in [4.69, 9.17) is 9.26 Å². The van der Waals surface area contributed by atoms with Gasteiger partial charge in [-0.1, -0.05) is 5.16 Å². The molecule has 1 aromatic rings. The number of hydrogen-bond acceptors (Lipinski definition) is 6. The van der Waals surface area contributed by atoms with E-state index in [2.05, 4.69) is 15.0 Å². The zero-order valence-corrected chi connectivity index (χ0v) is 13.3. The van der Waals surface area contributed by atoms with Crippen molar-refractivity contribution in [3.8, 4) is 0 Å². The first-order valence-electron chi connectivity index (χ1n) is 8.04. The summed E-state index contributed by atoms with van der Waals surface area (Å²) in [5.74, 6) is 1.81. The van der Waals surface area contributed by atoms with Gasteiger partial charge < -0.3 is 14.2 Å². The van der Waals surface area contributed by atoms with Gasteiger partial charge in [-0.3, -0.25) is 9.69 Å². The summed E-state index contributed by atoms with van der Waals surface area (Å²) in [4.78, 5) is 20.9. The number of morpholine rings is 1. The number of carbonyl (C=O) groups is 1. The van der Waals surface area contributed by atoms with Crippen LogP contribution in [0, 0.1) is 6.92 Å². The lowest BCUT2D eigenvalue weighted by Crippen LogP contribution is -2.49. The average molecular weight is 308 g/mol. The monoisotopic (exact) mass is 308 g/mol. The fourth-order valence-electron chi connectivity index (χ4n) is 3.22. The lowest BCUT2D eigenvalue weighted by molar-refractivity contribution is -0.139. The first kappa shape index (κ1) is 15.4. The molecule has 3 rings (SSSR count). The van der Waals surface area contributed by atoms with E-state index in [1.54, 1.807) is 0 Å². The highest BCUT2D eigenvalue weighted by atomic mass is 16.5. The molecule has 1 aromatic heterocycles. The number of piperidine rings is 1. The molecule has 0 spiro atoms. The summed E-state index contributed by atoms with van der Waals surface area (Å²) >= 11 is 0. The van der Waals surface area contributed by atoms with Gasteiger partial charge in [0, 0.05) is 19.6 Å². The van der Waals surface area contributed by atoms with Gasteiger partial charge in [0.25, 0.3) is 0 Å². The predicted molar refractivity (Wildman–Crippen MR) is 79.4 cm³/mol. The molecule has 22 heavy (non-hydrogen) atoms. The zero-order chi connectivity index (χ0) is 15.5. The van der Waals surface area contributed by atoms with Gasteiger partial charge in [0.2, 0.25) is 11.8 Å². The highest BCUT2D eigenvalue weighted by molar-refractivity contribution is 5.78. The van der Waals surface area contributed by atoms with E-state index in [0.29, 0.717) is 38.0 Å². The second kappa shape index (κ2) is 6.75. The quantitative estimate of drug-likeness (QED) is 0.823. The maximum atomic E-state index is 12.4. The van der Waals surface area contributed by atoms with Gasteiger partial charge in [0.1, 0.15) is 0 Å². The highest BCUT2D eigenvalue weighted by Crippen LogP contribution is 2.25. The van der Waals surface area contributed by atoms with Gasteiger partial charge in [-0.2, -0.15) is 4.98 Å². The molecular formula is C15H24N4O3. The number of ether oxygens (including phenoxy) is 1. The third-order valence-electron chi connectivity index (χ3n) is 4.35. The molecule has 0 saturated carbocycles. The molecule has 7 nitrogen and oxygen atoms in total. The van der Waals surface area contributed by atoms with Crippen LogP contribution in [0.4, 0.5) is 0 Å². The van der Waals surface area contributed by atoms with E-state index in [0.717, 1.165) is 25.9 Å². The van der Waals surface area contributed by atoms with Crippen LogP contribution in [0.3, 0.4) is 0 Å². The van der Waals surface area contributed by atoms with Gasteiger partial charge >= 0.3 is 0 Å². The number of hydrogen-bond donors (Lipinski definition) is 0. The third-order valence-corrected chi connectivity index (χ3v) is 4.35. The Kier molecular flexibility index (Phi) is 4.73. The molecule has 0 unspecified atom stereocenters. The molecule has 3 heterocycles. The van der Waals surface area contributed by atoms with Crippen molar-refractivity contribution in [2.75, 3.05) is 39.3 Å². The van der Waals surface area contributed by atoms with E-state index < -0.39 is 0 Å². The Bertz CT molecular complexity index is 519. The second-order valence-electron chi connectivity index (χ2n) is 6.28. The molecule has 1 amide bonds. The van der Waals surface area contributed by atoms with Crippen LogP contribution < -0.4 is 0 Å². The van der Waals surface area contributed by atoms with Gasteiger partial charge in [-0.15, -0.1) is 0 Å². The SMILES string of the molecule is Cc1noc([C@@H]2CCCN(CC(=O)N3CCO[C@H](C)C3)C2)n1. The Morgan fingerprint density at radius 1 is 1.36 bits per heavy atom. The number of aromatic nitrogens is 2. The van der Waals surface area contributed by atoms with Crippen LogP contribution in [0.1, 0.15) is 37.4 Å². The van der Waals surface area contributed by atoms with Crippen molar-refractivity contribution < 1.29 is 14.1 Å². The maximum Gasteiger partial charge on any atom is 0.236 e. The lowest BCUT2D eigenvalue weighted by Gasteiger charge is -2.35. The Morgan fingerprint density at radius 3 is 2.95 bits per heavy atom. The van der Waals surface area contributed by atoms with Crippen molar-refractivity contribution in [1.82, 2.24) is 19.9 Å². The van der Waals surface area contributed by atoms with Crippen LogP contribution in [-0.2, 0) is 9.53 Å². The number of amides is 1. The zero-order valence-electron chi connectivity index (χ0n) is 13.3. The van der Waals surface area contributed by atoms with Gasteiger partial charge in [-0.25, -0.2) is 0 Å². The Morgan fingerprint density at radius 2 is 2.23 bits per heavy atom. The predicted octanol–water partition coefficient (Wildman–Crippen LogP) is 0.805. The van der Waals surface area contributed by atoms with Crippen molar-refractivity contribution in [3.05, 3.63) is 11.7 Å². The van der Waals surface area contributed by atoms with E-state index >= 15 is 0 Å². The largest absolute Gasteiger partial charge is 0.375 e. The van der Waals surface area contributed by atoms with Crippen LogP contribution in [-0.4, -0.2) is 71.3 Å². The van der Waals surface area contributed by atoms with Crippen LogP contribution in [0.15, 0.2) is 4.52 Å². The first-order valence-corrected chi connectivity index (χ1v) is 8.04.